The molecule has 10 heavy (non-hydrogen) atoms. The maximum atomic E-state index is 9.06. The summed E-state index contributed by atoms with van der Waals surface area (Å²) in [7, 11) is 0. The highest BCUT2D eigenvalue weighted by atomic mass is 35.5. The van der Waals surface area contributed by atoms with E-state index in [1.54, 1.807) is 0 Å². The molecule has 0 spiro atoms. The Balaban J connectivity index is 0.000000810. The fourth-order valence-corrected chi connectivity index (χ4v) is 1.25. The maximum absolute atomic E-state index is 9.06. The zero-order valence-corrected chi connectivity index (χ0v) is 7.16. The molecule has 0 saturated carbocycles. The van der Waals surface area contributed by atoms with Crippen molar-refractivity contribution in [3.05, 3.63) is 0 Å². The van der Waals surface area contributed by atoms with Crippen molar-refractivity contribution in [2.75, 3.05) is 6.54 Å². The van der Waals surface area contributed by atoms with E-state index in [1.807, 2.05) is 0 Å². The monoisotopic (exact) mass is 165 g/mol. The van der Waals surface area contributed by atoms with Crippen LogP contribution < -0.4 is 5.32 Å². The standard InChI is InChI=1S/C7H15NO.ClH/c1-2-6-3-4-7(9)5-8-6;/h6-9H,2-5H2,1H3;1H. The Labute approximate surface area is 68.4 Å². The van der Waals surface area contributed by atoms with Gasteiger partial charge in [0.25, 0.3) is 0 Å². The lowest BCUT2D eigenvalue weighted by atomic mass is 10.0. The van der Waals surface area contributed by atoms with Gasteiger partial charge < -0.3 is 10.4 Å². The highest BCUT2D eigenvalue weighted by Crippen LogP contribution is 2.09. The van der Waals surface area contributed by atoms with Crippen molar-refractivity contribution < 1.29 is 5.11 Å². The SMILES string of the molecule is CCC1CCC(O)CN1.Cl. The zero-order chi connectivity index (χ0) is 6.69. The highest BCUT2D eigenvalue weighted by Gasteiger charge is 2.15. The summed E-state index contributed by atoms with van der Waals surface area (Å²) in [5, 5.41) is 12.3. The van der Waals surface area contributed by atoms with Crippen molar-refractivity contribution in [2.45, 2.75) is 38.3 Å². The van der Waals surface area contributed by atoms with E-state index >= 15 is 0 Å². The molecule has 1 rings (SSSR count). The average Bonchev–Trinajstić information content (AvgIpc) is 1.90. The first-order valence-electron chi connectivity index (χ1n) is 3.74. The van der Waals surface area contributed by atoms with Gasteiger partial charge >= 0.3 is 0 Å². The molecule has 1 saturated heterocycles. The molecule has 0 aromatic rings. The van der Waals surface area contributed by atoms with Crippen molar-refractivity contribution in [3.8, 4) is 0 Å². The number of rotatable bonds is 1. The lowest BCUT2D eigenvalue weighted by molar-refractivity contribution is 0.125. The van der Waals surface area contributed by atoms with Crippen molar-refractivity contribution in [3.63, 3.8) is 0 Å². The molecule has 0 aromatic carbocycles. The number of aliphatic hydroxyl groups excluding tert-OH is 1. The molecule has 2 atom stereocenters. The van der Waals surface area contributed by atoms with Gasteiger partial charge in [0, 0.05) is 12.6 Å². The van der Waals surface area contributed by atoms with Crippen LogP contribution in [0.15, 0.2) is 0 Å². The largest absolute Gasteiger partial charge is 0.392 e. The van der Waals surface area contributed by atoms with Crippen LogP contribution in [0.2, 0.25) is 0 Å². The summed E-state index contributed by atoms with van der Waals surface area (Å²) >= 11 is 0. The molecule has 0 aliphatic carbocycles. The number of nitrogens with one attached hydrogen (secondary N) is 1. The Kier molecular flexibility index (Phi) is 5.04. The van der Waals surface area contributed by atoms with Gasteiger partial charge in [-0.2, -0.15) is 0 Å². The first-order chi connectivity index (χ1) is 4.33. The summed E-state index contributed by atoms with van der Waals surface area (Å²) in [6.07, 6.45) is 3.21. The van der Waals surface area contributed by atoms with Crippen molar-refractivity contribution in [2.24, 2.45) is 0 Å². The van der Waals surface area contributed by atoms with Crippen LogP contribution in [0, 0.1) is 0 Å². The van der Waals surface area contributed by atoms with E-state index in [0.717, 1.165) is 19.4 Å². The van der Waals surface area contributed by atoms with Gasteiger partial charge in [-0.3, -0.25) is 0 Å². The number of halogens is 1. The molecule has 1 heterocycles. The molecule has 2 N–H and O–H groups in total. The second-order valence-electron chi connectivity index (χ2n) is 2.74. The number of hydrogen-bond acceptors (Lipinski definition) is 2. The fraction of sp³-hybridized carbons (Fsp3) is 1.00. The van der Waals surface area contributed by atoms with Crippen LogP contribution in [0.1, 0.15) is 26.2 Å². The maximum Gasteiger partial charge on any atom is 0.0665 e. The fourth-order valence-electron chi connectivity index (χ4n) is 1.25. The summed E-state index contributed by atoms with van der Waals surface area (Å²) in [6, 6.07) is 0.661. The second kappa shape index (κ2) is 4.94. The molecule has 0 aromatic heterocycles. The molecule has 2 unspecified atom stereocenters. The number of piperidine rings is 1. The van der Waals surface area contributed by atoms with Gasteiger partial charge in [0.15, 0.2) is 0 Å². The third kappa shape index (κ3) is 2.86. The molecule has 1 aliphatic heterocycles. The first kappa shape index (κ1) is 10.2. The Morgan fingerprint density at radius 2 is 2.20 bits per heavy atom. The summed E-state index contributed by atoms with van der Waals surface area (Å²) in [5.74, 6) is 0. The van der Waals surface area contributed by atoms with Crippen LogP contribution >= 0.6 is 12.4 Å². The van der Waals surface area contributed by atoms with Crippen LogP contribution in [-0.4, -0.2) is 23.8 Å². The van der Waals surface area contributed by atoms with E-state index < -0.39 is 0 Å². The van der Waals surface area contributed by atoms with Crippen molar-refractivity contribution >= 4 is 12.4 Å². The van der Waals surface area contributed by atoms with E-state index in [9.17, 15) is 0 Å². The molecule has 2 nitrogen and oxygen atoms in total. The smallest absolute Gasteiger partial charge is 0.0665 e. The average molecular weight is 166 g/mol. The van der Waals surface area contributed by atoms with Crippen LogP contribution in [0.3, 0.4) is 0 Å². The molecule has 1 fully saturated rings. The van der Waals surface area contributed by atoms with Gasteiger partial charge in [-0.15, -0.1) is 12.4 Å². The van der Waals surface area contributed by atoms with E-state index in [2.05, 4.69) is 12.2 Å². The van der Waals surface area contributed by atoms with Crippen LogP contribution in [0.25, 0.3) is 0 Å². The quantitative estimate of drug-likeness (QED) is 0.606. The Morgan fingerprint density at radius 3 is 2.60 bits per heavy atom. The van der Waals surface area contributed by atoms with Crippen LogP contribution in [0.4, 0.5) is 0 Å². The number of hydrogen-bond donors (Lipinski definition) is 2. The van der Waals surface area contributed by atoms with Crippen molar-refractivity contribution in [1.29, 1.82) is 0 Å². The topological polar surface area (TPSA) is 32.3 Å². The van der Waals surface area contributed by atoms with E-state index in [1.165, 1.54) is 6.42 Å². The Bertz CT molecular complexity index is 81.7. The van der Waals surface area contributed by atoms with Gasteiger partial charge in [-0.25, -0.2) is 0 Å². The van der Waals surface area contributed by atoms with Gasteiger partial charge in [0.2, 0.25) is 0 Å². The second-order valence-corrected chi connectivity index (χ2v) is 2.74. The predicted molar refractivity (Wildman–Crippen MR) is 44.6 cm³/mol. The zero-order valence-electron chi connectivity index (χ0n) is 6.34. The molecule has 0 radical (unpaired) electrons. The van der Waals surface area contributed by atoms with Gasteiger partial charge in [0.1, 0.15) is 0 Å². The summed E-state index contributed by atoms with van der Waals surface area (Å²) < 4.78 is 0. The third-order valence-corrected chi connectivity index (χ3v) is 1.98. The predicted octanol–water partition coefficient (Wildman–Crippen LogP) is 0.931. The van der Waals surface area contributed by atoms with E-state index in [0.29, 0.717) is 6.04 Å². The van der Waals surface area contributed by atoms with Gasteiger partial charge in [-0.1, -0.05) is 6.92 Å². The van der Waals surface area contributed by atoms with E-state index in [4.69, 9.17) is 5.11 Å². The Morgan fingerprint density at radius 1 is 1.50 bits per heavy atom. The molecular formula is C7H16ClNO. The summed E-state index contributed by atoms with van der Waals surface area (Å²) in [5.41, 5.74) is 0. The highest BCUT2D eigenvalue weighted by molar-refractivity contribution is 5.85. The number of β-amino-alcohol motifs (C(OH)–C–C–N with tert-alkyl or cyclic N) is 1. The lowest BCUT2D eigenvalue weighted by Gasteiger charge is -2.25. The van der Waals surface area contributed by atoms with Gasteiger partial charge in [-0.05, 0) is 19.3 Å². The van der Waals surface area contributed by atoms with Crippen LogP contribution in [0.5, 0.6) is 0 Å². The molecule has 0 amide bonds. The lowest BCUT2D eigenvalue weighted by Crippen LogP contribution is -2.40. The summed E-state index contributed by atoms with van der Waals surface area (Å²) in [4.78, 5) is 0. The van der Waals surface area contributed by atoms with Crippen LogP contribution in [-0.2, 0) is 0 Å². The molecule has 62 valence electrons. The minimum absolute atomic E-state index is 0. The van der Waals surface area contributed by atoms with Gasteiger partial charge in [0.05, 0.1) is 6.10 Å². The molecular weight excluding hydrogens is 150 g/mol. The first-order valence-corrected chi connectivity index (χ1v) is 3.74. The third-order valence-electron chi connectivity index (χ3n) is 1.98. The molecule has 0 bridgehead atoms. The minimum Gasteiger partial charge on any atom is -0.392 e. The molecule has 3 heteroatoms. The van der Waals surface area contributed by atoms with Crippen molar-refractivity contribution in [1.82, 2.24) is 5.32 Å². The number of aliphatic hydroxyl groups is 1. The Hall–Kier alpha value is 0.210. The summed E-state index contributed by atoms with van der Waals surface area (Å²) in [6.45, 7) is 2.97. The van der Waals surface area contributed by atoms with E-state index in [-0.39, 0.29) is 18.5 Å². The minimum atomic E-state index is -0.0900. The molecule has 1 aliphatic rings. The normalized spacial score (nSPS) is 33.0.